The van der Waals surface area contributed by atoms with Gasteiger partial charge in [-0.3, -0.25) is 0 Å². The Hall–Kier alpha value is -0.410. The molecule has 2 nitrogen and oxygen atoms in total. The first-order valence-electron chi connectivity index (χ1n) is 4.37. The molecule has 0 atom stereocenters. The number of hydrogen-bond acceptors (Lipinski definition) is 3. The van der Waals surface area contributed by atoms with Gasteiger partial charge in [0.25, 0.3) is 0 Å². The molecule has 1 rings (SSSR count). The number of aryl methyl sites for hydroxylation is 2. The van der Waals surface area contributed by atoms with Gasteiger partial charge in [-0.05, 0) is 20.4 Å². The molecule has 0 radical (unpaired) electrons. The van der Waals surface area contributed by atoms with Crippen molar-refractivity contribution in [1.82, 2.24) is 10.3 Å². The van der Waals surface area contributed by atoms with E-state index >= 15 is 0 Å². The van der Waals surface area contributed by atoms with Gasteiger partial charge in [0.05, 0.1) is 5.69 Å². The zero-order valence-corrected chi connectivity index (χ0v) is 8.79. The van der Waals surface area contributed by atoms with E-state index in [9.17, 15) is 0 Å². The summed E-state index contributed by atoms with van der Waals surface area (Å²) < 4.78 is 0. The van der Waals surface area contributed by atoms with E-state index in [-0.39, 0.29) is 0 Å². The van der Waals surface area contributed by atoms with Crippen molar-refractivity contribution in [1.29, 1.82) is 0 Å². The summed E-state index contributed by atoms with van der Waals surface area (Å²) in [4.78, 5) is 5.92. The lowest BCUT2D eigenvalue weighted by Crippen LogP contribution is -2.04. The highest BCUT2D eigenvalue weighted by atomic mass is 32.1. The second kappa shape index (κ2) is 4.58. The molecule has 0 unspecified atom stereocenters. The quantitative estimate of drug-likeness (QED) is 0.775. The highest BCUT2D eigenvalue weighted by Crippen LogP contribution is 2.19. The molecular weight excluding hydrogens is 168 g/mol. The summed E-state index contributed by atoms with van der Waals surface area (Å²) in [6, 6.07) is 0. The molecule has 0 saturated heterocycles. The summed E-state index contributed by atoms with van der Waals surface area (Å²) in [6.07, 6.45) is 2.38. The standard InChI is InChI=1S/C9H16N2S/c1-4-5-8-7(2)11-9(12-8)6-10-3/h10H,4-6H2,1-3H3. The second-order valence-corrected chi connectivity index (χ2v) is 4.06. The first-order chi connectivity index (χ1) is 5.77. The van der Waals surface area contributed by atoms with Crippen LogP contribution in [0.1, 0.15) is 28.9 Å². The fourth-order valence-electron chi connectivity index (χ4n) is 1.17. The van der Waals surface area contributed by atoms with Gasteiger partial charge >= 0.3 is 0 Å². The molecule has 0 fully saturated rings. The smallest absolute Gasteiger partial charge is 0.107 e. The fourth-order valence-corrected chi connectivity index (χ4v) is 2.36. The SMILES string of the molecule is CCCc1sc(CNC)nc1C. The van der Waals surface area contributed by atoms with Gasteiger partial charge in [-0.15, -0.1) is 11.3 Å². The van der Waals surface area contributed by atoms with Crippen LogP contribution < -0.4 is 5.32 Å². The number of nitrogens with zero attached hydrogens (tertiary/aromatic N) is 1. The third kappa shape index (κ3) is 2.29. The minimum absolute atomic E-state index is 0.898. The van der Waals surface area contributed by atoms with E-state index in [4.69, 9.17) is 0 Å². The maximum Gasteiger partial charge on any atom is 0.107 e. The van der Waals surface area contributed by atoms with Crippen LogP contribution in [-0.4, -0.2) is 12.0 Å². The van der Waals surface area contributed by atoms with Crippen molar-refractivity contribution in [3.63, 3.8) is 0 Å². The van der Waals surface area contributed by atoms with Crippen LogP contribution in [0.2, 0.25) is 0 Å². The Balaban J connectivity index is 2.70. The van der Waals surface area contributed by atoms with Crippen molar-refractivity contribution < 1.29 is 0 Å². The Morgan fingerprint density at radius 1 is 1.50 bits per heavy atom. The van der Waals surface area contributed by atoms with Crippen LogP contribution in [-0.2, 0) is 13.0 Å². The molecule has 68 valence electrons. The summed E-state index contributed by atoms with van der Waals surface area (Å²) in [6.45, 7) is 5.20. The van der Waals surface area contributed by atoms with Gasteiger partial charge in [0.1, 0.15) is 5.01 Å². The van der Waals surface area contributed by atoms with Gasteiger partial charge in [-0.25, -0.2) is 4.98 Å². The Kier molecular flexibility index (Phi) is 3.69. The van der Waals surface area contributed by atoms with Crippen LogP contribution in [0.25, 0.3) is 0 Å². The highest BCUT2D eigenvalue weighted by molar-refractivity contribution is 7.11. The van der Waals surface area contributed by atoms with E-state index in [0.29, 0.717) is 0 Å². The van der Waals surface area contributed by atoms with E-state index < -0.39 is 0 Å². The van der Waals surface area contributed by atoms with Gasteiger partial charge < -0.3 is 5.32 Å². The Bertz CT molecular complexity index is 243. The van der Waals surface area contributed by atoms with Gasteiger partial charge in [0.15, 0.2) is 0 Å². The molecule has 0 aliphatic rings. The molecule has 0 aliphatic carbocycles. The van der Waals surface area contributed by atoms with Gasteiger partial charge in [0.2, 0.25) is 0 Å². The van der Waals surface area contributed by atoms with Gasteiger partial charge in [0, 0.05) is 11.4 Å². The Labute approximate surface area is 78.0 Å². The number of aromatic nitrogens is 1. The van der Waals surface area contributed by atoms with Crippen molar-refractivity contribution in [2.75, 3.05) is 7.05 Å². The minimum atomic E-state index is 0.898. The van der Waals surface area contributed by atoms with E-state index in [1.807, 2.05) is 18.4 Å². The first-order valence-corrected chi connectivity index (χ1v) is 5.19. The van der Waals surface area contributed by atoms with E-state index in [2.05, 4.69) is 24.1 Å². The highest BCUT2D eigenvalue weighted by Gasteiger charge is 2.04. The molecule has 1 aromatic rings. The van der Waals surface area contributed by atoms with Crippen LogP contribution >= 0.6 is 11.3 Å². The molecule has 0 spiro atoms. The molecule has 0 bridgehead atoms. The molecule has 1 aromatic heterocycles. The maximum absolute atomic E-state index is 4.47. The Morgan fingerprint density at radius 3 is 2.83 bits per heavy atom. The molecule has 0 saturated carbocycles. The average Bonchev–Trinajstić information content (AvgIpc) is 2.34. The predicted molar refractivity (Wildman–Crippen MR) is 53.6 cm³/mol. The van der Waals surface area contributed by atoms with Crippen molar-refractivity contribution in [2.45, 2.75) is 33.2 Å². The molecule has 0 amide bonds. The lowest BCUT2D eigenvalue weighted by molar-refractivity contribution is 0.806. The Morgan fingerprint density at radius 2 is 2.25 bits per heavy atom. The van der Waals surface area contributed by atoms with E-state index in [0.717, 1.165) is 6.54 Å². The topological polar surface area (TPSA) is 24.9 Å². The molecule has 3 heteroatoms. The minimum Gasteiger partial charge on any atom is -0.314 e. The van der Waals surface area contributed by atoms with E-state index in [1.54, 1.807) is 0 Å². The third-order valence-corrected chi connectivity index (χ3v) is 2.96. The zero-order valence-electron chi connectivity index (χ0n) is 7.98. The number of rotatable bonds is 4. The van der Waals surface area contributed by atoms with Crippen molar-refractivity contribution in [2.24, 2.45) is 0 Å². The van der Waals surface area contributed by atoms with Crippen LogP contribution in [0.3, 0.4) is 0 Å². The second-order valence-electron chi connectivity index (χ2n) is 2.90. The summed E-state index contributed by atoms with van der Waals surface area (Å²) in [5, 5.41) is 4.32. The van der Waals surface area contributed by atoms with Crippen LogP contribution in [0.15, 0.2) is 0 Å². The molecule has 1 N–H and O–H groups in total. The summed E-state index contributed by atoms with van der Waals surface area (Å²) in [5.41, 5.74) is 1.21. The summed E-state index contributed by atoms with van der Waals surface area (Å²) >= 11 is 1.84. The number of nitrogens with one attached hydrogen (secondary N) is 1. The van der Waals surface area contributed by atoms with Gasteiger partial charge in [-0.1, -0.05) is 13.3 Å². The predicted octanol–water partition coefficient (Wildman–Crippen LogP) is 2.12. The zero-order chi connectivity index (χ0) is 8.97. The summed E-state index contributed by atoms with van der Waals surface area (Å²) in [7, 11) is 1.95. The van der Waals surface area contributed by atoms with Crippen molar-refractivity contribution >= 4 is 11.3 Å². The van der Waals surface area contributed by atoms with Crippen LogP contribution in [0.4, 0.5) is 0 Å². The maximum atomic E-state index is 4.47. The van der Waals surface area contributed by atoms with Crippen LogP contribution in [0, 0.1) is 6.92 Å². The summed E-state index contributed by atoms with van der Waals surface area (Å²) in [5.74, 6) is 0. The normalized spacial score (nSPS) is 10.6. The first kappa shape index (κ1) is 9.68. The molecule has 0 aliphatic heterocycles. The van der Waals surface area contributed by atoms with Crippen molar-refractivity contribution in [3.8, 4) is 0 Å². The molecule has 0 aromatic carbocycles. The average molecular weight is 184 g/mol. The third-order valence-electron chi connectivity index (χ3n) is 1.74. The van der Waals surface area contributed by atoms with Crippen molar-refractivity contribution in [3.05, 3.63) is 15.6 Å². The van der Waals surface area contributed by atoms with Crippen LogP contribution in [0.5, 0.6) is 0 Å². The number of thiazole rings is 1. The lowest BCUT2D eigenvalue weighted by atomic mass is 10.2. The largest absolute Gasteiger partial charge is 0.314 e. The monoisotopic (exact) mass is 184 g/mol. The van der Waals surface area contributed by atoms with E-state index in [1.165, 1.54) is 28.4 Å². The fraction of sp³-hybridized carbons (Fsp3) is 0.667. The number of hydrogen-bond donors (Lipinski definition) is 1. The molecule has 1 heterocycles. The lowest BCUT2D eigenvalue weighted by Gasteiger charge is -1.91. The molecule has 12 heavy (non-hydrogen) atoms. The molecular formula is C9H16N2S. The van der Waals surface area contributed by atoms with Gasteiger partial charge in [-0.2, -0.15) is 0 Å².